The van der Waals surface area contributed by atoms with Gasteiger partial charge < -0.3 is 4.74 Å². The average molecular weight is 269 g/mol. The van der Waals surface area contributed by atoms with Gasteiger partial charge in [-0.1, -0.05) is 22.0 Å². The van der Waals surface area contributed by atoms with Crippen LogP contribution in [0.2, 0.25) is 0 Å². The molecular formula is C10H9BrN2O2. The minimum absolute atomic E-state index is 0.480. The van der Waals surface area contributed by atoms with E-state index < -0.39 is 6.09 Å². The largest absolute Gasteiger partial charge is 0.451 e. The summed E-state index contributed by atoms with van der Waals surface area (Å²) in [6, 6.07) is 5.60. The van der Waals surface area contributed by atoms with Crippen molar-refractivity contribution < 1.29 is 9.53 Å². The molecule has 2 rings (SSSR count). The second kappa shape index (κ2) is 3.66. The van der Waals surface area contributed by atoms with Gasteiger partial charge in [0.1, 0.15) is 0 Å². The van der Waals surface area contributed by atoms with Crippen LogP contribution < -0.4 is 0 Å². The van der Waals surface area contributed by atoms with Crippen molar-refractivity contribution in [1.29, 1.82) is 0 Å². The van der Waals surface area contributed by atoms with Crippen molar-refractivity contribution in [3.05, 3.63) is 28.4 Å². The van der Waals surface area contributed by atoms with Gasteiger partial charge in [0.15, 0.2) is 0 Å². The van der Waals surface area contributed by atoms with E-state index in [0.29, 0.717) is 0 Å². The van der Waals surface area contributed by atoms with Gasteiger partial charge in [0.05, 0.1) is 18.3 Å². The number of ether oxygens (including phenoxy) is 1. The van der Waals surface area contributed by atoms with E-state index in [2.05, 4.69) is 25.8 Å². The van der Waals surface area contributed by atoms with Crippen molar-refractivity contribution >= 4 is 32.9 Å². The van der Waals surface area contributed by atoms with Gasteiger partial charge in [-0.2, -0.15) is 9.78 Å². The number of benzene rings is 1. The first kappa shape index (κ1) is 10.2. The van der Waals surface area contributed by atoms with Gasteiger partial charge in [0.2, 0.25) is 0 Å². The molecule has 0 spiro atoms. The summed E-state index contributed by atoms with van der Waals surface area (Å²) < 4.78 is 6.83. The van der Waals surface area contributed by atoms with E-state index in [9.17, 15) is 4.79 Å². The Balaban J connectivity index is 2.79. The number of carbonyl (C=O) groups excluding carboxylic acids is 1. The fraction of sp³-hybridized carbons (Fsp3) is 0.200. The van der Waals surface area contributed by atoms with Gasteiger partial charge >= 0.3 is 6.09 Å². The van der Waals surface area contributed by atoms with Gasteiger partial charge in [-0.05, 0) is 19.1 Å². The fourth-order valence-corrected chi connectivity index (χ4v) is 2.17. The predicted octanol–water partition coefficient (Wildman–Crippen LogP) is 2.72. The Morgan fingerprint density at radius 1 is 1.53 bits per heavy atom. The van der Waals surface area contributed by atoms with E-state index in [0.717, 1.165) is 21.1 Å². The van der Waals surface area contributed by atoms with Crippen LogP contribution in [-0.2, 0) is 4.74 Å². The number of methoxy groups -OCH3 is 1. The normalized spacial score (nSPS) is 10.6. The summed E-state index contributed by atoms with van der Waals surface area (Å²) >= 11 is 3.43. The number of fused-ring (bicyclic) bond motifs is 1. The fourth-order valence-electron chi connectivity index (χ4n) is 1.53. The van der Waals surface area contributed by atoms with Crippen molar-refractivity contribution in [2.24, 2.45) is 0 Å². The smallest absolute Gasteiger partial charge is 0.434 e. The molecule has 0 radical (unpaired) electrons. The molecule has 0 atom stereocenters. The molecule has 1 aromatic heterocycles. The van der Waals surface area contributed by atoms with Gasteiger partial charge in [-0.15, -0.1) is 0 Å². The van der Waals surface area contributed by atoms with Crippen LogP contribution in [0.15, 0.2) is 22.7 Å². The third kappa shape index (κ3) is 1.52. The molecule has 0 N–H and O–H groups in total. The molecule has 15 heavy (non-hydrogen) atoms. The molecule has 0 saturated carbocycles. The molecule has 0 aliphatic heterocycles. The van der Waals surface area contributed by atoms with Crippen LogP contribution >= 0.6 is 15.9 Å². The third-order valence-electron chi connectivity index (χ3n) is 2.18. The van der Waals surface area contributed by atoms with Crippen LogP contribution in [-0.4, -0.2) is 23.0 Å². The number of aryl methyl sites for hydroxylation is 1. The summed E-state index contributed by atoms with van der Waals surface area (Å²) in [5.41, 5.74) is 1.54. The van der Waals surface area contributed by atoms with Crippen molar-refractivity contribution in [1.82, 2.24) is 9.78 Å². The molecule has 78 valence electrons. The van der Waals surface area contributed by atoms with Gasteiger partial charge in [-0.25, -0.2) is 4.79 Å². The summed E-state index contributed by atoms with van der Waals surface area (Å²) in [6.45, 7) is 1.85. The molecule has 0 fully saturated rings. The monoisotopic (exact) mass is 268 g/mol. The van der Waals surface area contributed by atoms with Crippen LogP contribution in [0.5, 0.6) is 0 Å². The maximum absolute atomic E-state index is 11.4. The van der Waals surface area contributed by atoms with E-state index >= 15 is 0 Å². The van der Waals surface area contributed by atoms with Gasteiger partial charge in [0.25, 0.3) is 0 Å². The molecule has 0 saturated heterocycles. The minimum atomic E-state index is -0.480. The summed E-state index contributed by atoms with van der Waals surface area (Å²) in [5, 5.41) is 5.07. The Bertz CT molecular complexity index is 533. The van der Waals surface area contributed by atoms with Crippen LogP contribution in [0.4, 0.5) is 4.79 Å². The predicted molar refractivity (Wildman–Crippen MR) is 60.0 cm³/mol. The zero-order valence-corrected chi connectivity index (χ0v) is 9.91. The van der Waals surface area contributed by atoms with Crippen LogP contribution in [0.1, 0.15) is 5.69 Å². The highest BCUT2D eigenvalue weighted by atomic mass is 79.9. The molecule has 1 heterocycles. The molecule has 0 bridgehead atoms. The topological polar surface area (TPSA) is 44.1 Å². The summed E-state index contributed by atoms with van der Waals surface area (Å²) in [7, 11) is 1.34. The first-order valence-electron chi connectivity index (χ1n) is 4.37. The Kier molecular flexibility index (Phi) is 2.48. The number of halogens is 1. The number of rotatable bonds is 0. The lowest BCUT2D eigenvalue weighted by Crippen LogP contribution is -2.12. The van der Waals surface area contributed by atoms with E-state index in [-0.39, 0.29) is 0 Å². The minimum Gasteiger partial charge on any atom is -0.451 e. The van der Waals surface area contributed by atoms with E-state index in [1.807, 2.05) is 25.1 Å². The van der Waals surface area contributed by atoms with E-state index in [1.165, 1.54) is 11.8 Å². The second-order valence-corrected chi connectivity index (χ2v) is 3.96. The molecule has 2 aromatic rings. The molecule has 5 heteroatoms. The maximum Gasteiger partial charge on any atom is 0.434 e. The van der Waals surface area contributed by atoms with E-state index in [1.54, 1.807) is 0 Å². The van der Waals surface area contributed by atoms with E-state index in [4.69, 9.17) is 0 Å². The second-order valence-electron chi connectivity index (χ2n) is 3.10. The first-order valence-corrected chi connectivity index (χ1v) is 5.16. The Hall–Kier alpha value is -1.36. The number of hydrogen-bond donors (Lipinski definition) is 0. The lowest BCUT2D eigenvalue weighted by molar-refractivity contribution is 0.170. The molecule has 0 amide bonds. The molecule has 0 aliphatic rings. The molecule has 0 unspecified atom stereocenters. The summed E-state index contributed by atoms with van der Waals surface area (Å²) in [4.78, 5) is 11.4. The molecular weight excluding hydrogens is 260 g/mol. The molecule has 1 aromatic carbocycles. The van der Waals surface area contributed by atoms with Crippen LogP contribution in [0, 0.1) is 6.92 Å². The zero-order valence-electron chi connectivity index (χ0n) is 8.32. The summed E-state index contributed by atoms with van der Waals surface area (Å²) in [5.74, 6) is 0. The number of carbonyl (C=O) groups is 1. The lowest BCUT2D eigenvalue weighted by Gasteiger charge is -1.99. The Labute approximate surface area is 95.0 Å². The molecule has 0 aliphatic carbocycles. The Morgan fingerprint density at radius 3 is 2.93 bits per heavy atom. The van der Waals surface area contributed by atoms with Gasteiger partial charge in [-0.3, -0.25) is 0 Å². The van der Waals surface area contributed by atoms with Crippen molar-refractivity contribution in [3.8, 4) is 0 Å². The highest BCUT2D eigenvalue weighted by Gasteiger charge is 2.14. The van der Waals surface area contributed by atoms with Crippen molar-refractivity contribution in [2.45, 2.75) is 6.92 Å². The number of aromatic nitrogens is 2. The van der Waals surface area contributed by atoms with Crippen molar-refractivity contribution in [2.75, 3.05) is 7.11 Å². The van der Waals surface area contributed by atoms with Crippen molar-refractivity contribution in [3.63, 3.8) is 0 Å². The first-order chi connectivity index (χ1) is 7.15. The van der Waals surface area contributed by atoms with Crippen LogP contribution in [0.25, 0.3) is 10.9 Å². The highest BCUT2D eigenvalue weighted by Crippen LogP contribution is 2.26. The number of hydrogen-bond acceptors (Lipinski definition) is 3. The lowest BCUT2D eigenvalue weighted by atomic mass is 10.2. The number of nitrogens with zero attached hydrogens (tertiary/aromatic N) is 2. The molecule has 4 nitrogen and oxygen atoms in total. The Morgan fingerprint density at radius 2 is 2.27 bits per heavy atom. The average Bonchev–Trinajstić information content (AvgIpc) is 2.56. The standard InChI is InChI=1S/C10H9BrN2O2/c1-6-9-7(11)4-3-5-8(9)13(12-6)10(14)15-2/h3-5H,1-2H3. The van der Waals surface area contributed by atoms with Crippen LogP contribution in [0.3, 0.4) is 0 Å². The summed E-state index contributed by atoms with van der Waals surface area (Å²) in [6.07, 6.45) is -0.480. The maximum atomic E-state index is 11.4. The van der Waals surface area contributed by atoms with Gasteiger partial charge in [0, 0.05) is 9.86 Å². The SMILES string of the molecule is COC(=O)n1nc(C)c2c(Br)cccc21. The quantitative estimate of drug-likeness (QED) is 0.738. The highest BCUT2D eigenvalue weighted by molar-refractivity contribution is 9.10. The third-order valence-corrected chi connectivity index (χ3v) is 2.84. The zero-order chi connectivity index (χ0) is 11.0.